The number of hydrogen-bond acceptors (Lipinski definition) is 4. The van der Waals surface area contributed by atoms with Gasteiger partial charge in [-0.1, -0.05) is 41.9 Å². The van der Waals surface area contributed by atoms with Crippen LogP contribution in [0.4, 0.5) is 0 Å². The van der Waals surface area contributed by atoms with Gasteiger partial charge in [-0.2, -0.15) is 5.26 Å². The van der Waals surface area contributed by atoms with Gasteiger partial charge in [0, 0.05) is 35.3 Å². The van der Waals surface area contributed by atoms with Crippen molar-refractivity contribution >= 4 is 28.5 Å². The van der Waals surface area contributed by atoms with Crippen LogP contribution in [0.5, 0.6) is 0 Å². The van der Waals surface area contributed by atoms with E-state index >= 15 is 0 Å². The molecule has 0 bridgehead atoms. The largest absolute Gasteiger partial charge is 0.378 e. The molecule has 0 saturated carbocycles. The average Bonchev–Trinajstić information content (AvgIpc) is 2.78. The van der Waals surface area contributed by atoms with E-state index in [0.717, 1.165) is 5.56 Å². The Labute approximate surface area is 178 Å². The molecule has 4 rings (SSSR count). The van der Waals surface area contributed by atoms with Crippen molar-refractivity contribution in [2.75, 3.05) is 26.3 Å². The number of halogens is 1. The molecule has 2 heterocycles. The van der Waals surface area contributed by atoms with Gasteiger partial charge in [0.2, 0.25) is 5.96 Å². The van der Waals surface area contributed by atoms with Gasteiger partial charge in [0.05, 0.1) is 18.7 Å². The molecule has 30 heavy (non-hydrogen) atoms. The van der Waals surface area contributed by atoms with Gasteiger partial charge in [0.25, 0.3) is 0 Å². The molecule has 8 heteroatoms. The summed E-state index contributed by atoms with van der Waals surface area (Å²) >= 11 is 6.06. The molecule has 3 aromatic rings. The van der Waals surface area contributed by atoms with Gasteiger partial charge in [0.1, 0.15) is 6.04 Å². The number of aromatic amines is 1. The number of fused-ring (bicyclic) bond motifs is 1. The number of hydrogen-bond donors (Lipinski definition) is 2. The normalized spacial score (nSPS) is 15.6. The molecular weight excluding hydrogens is 402 g/mol. The Hall–Kier alpha value is -3.34. The third-order valence-electron chi connectivity index (χ3n) is 5.01. The topological polar surface area (TPSA) is 93.5 Å². The van der Waals surface area contributed by atoms with E-state index in [1.54, 1.807) is 24.4 Å². The number of H-pyrrole nitrogens is 1. The lowest BCUT2D eigenvalue weighted by Crippen LogP contribution is -2.46. The van der Waals surface area contributed by atoms with Gasteiger partial charge < -0.3 is 14.6 Å². The lowest BCUT2D eigenvalue weighted by atomic mass is 9.99. The maximum Gasteiger partial charge on any atom is 0.208 e. The fourth-order valence-corrected chi connectivity index (χ4v) is 3.69. The SMILES string of the molecule is N#CNC(=NC(c1ccccc1)c1c[nH]c2cc(Cl)ccc2c1=O)N1CCOCC1. The standard InChI is InChI=1S/C22H20ClN5O2/c23-16-6-7-17-19(12-16)25-13-18(21(17)29)20(15-4-2-1-3-5-15)27-22(26-14-24)28-8-10-30-11-9-28/h1-7,12-13,20H,8-11H2,(H,25,29)(H,26,27). The van der Waals surface area contributed by atoms with Gasteiger partial charge in [-0.15, -0.1) is 0 Å². The summed E-state index contributed by atoms with van der Waals surface area (Å²) in [5, 5.41) is 13.0. The highest BCUT2D eigenvalue weighted by Gasteiger charge is 2.22. The summed E-state index contributed by atoms with van der Waals surface area (Å²) in [6.07, 6.45) is 3.63. The summed E-state index contributed by atoms with van der Waals surface area (Å²) in [5.41, 5.74) is 1.87. The van der Waals surface area contributed by atoms with E-state index in [9.17, 15) is 10.1 Å². The maximum atomic E-state index is 13.3. The molecule has 1 aliphatic heterocycles. The third-order valence-corrected chi connectivity index (χ3v) is 5.25. The Morgan fingerprint density at radius 3 is 2.73 bits per heavy atom. The first-order valence-electron chi connectivity index (χ1n) is 9.59. The molecule has 0 aliphatic carbocycles. The predicted octanol–water partition coefficient (Wildman–Crippen LogP) is 3.03. The number of guanidine groups is 1. The molecule has 1 aliphatic rings. The van der Waals surface area contributed by atoms with Crippen molar-refractivity contribution in [1.82, 2.24) is 15.2 Å². The number of rotatable bonds is 3. The monoisotopic (exact) mass is 421 g/mol. The number of ether oxygens (including phenoxy) is 1. The van der Waals surface area contributed by atoms with Crippen molar-refractivity contribution in [3.05, 3.63) is 81.1 Å². The average molecular weight is 422 g/mol. The van der Waals surface area contributed by atoms with Crippen molar-refractivity contribution < 1.29 is 4.74 Å². The van der Waals surface area contributed by atoms with Crippen molar-refractivity contribution in [2.45, 2.75) is 6.04 Å². The van der Waals surface area contributed by atoms with Gasteiger partial charge in [-0.3, -0.25) is 10.1 Å². The fraction of sp³-hybridized carbons (Fsp3) is 0.227. The Morgan fingerprint density at radius 1 is 1.23 bits per heavy atom. The second-order valence-electron chi connectivity index (χ2n) is 6.87. The van der Waals surface area contributed by atoms with E-state index in [4.69, 9.17) is 21.3 Å². The van der Waals surface area contributed by atoms with Gasteiger partial charge in [-0.05, 0) is 23.8 Å². The number of nitrogens with one attached hydrogen (secondary N) is 2. The summed E-state index contributed by atoms with van der Waals surface area (Å²) in [6.45, 7) is 2.34. The number of aromatic nitrogens is 1. The van der Waals surface area contributed by atoms with Crippen molar-refractivity contribution in [3.8, 4) is 6.19 Å². The van der Waals surface area contributed by atoms with E-state index in [2.05, 4.69) is 10.3 Å². The molecule has 2 N–H and O–H groups in total. The highest BCUT2D eigenvalue weighted by Crippen LogP contribution is 2.26. The summed E-state index contributed by atoms with van der Waals surface area (Å²) in [4.78, 5) is 23.3. The van der Waals surface area contributed by atoms with Crippen molar-refractivity contribution in [3.63, 3.8) is 0 Å². The van der Waals surface area contributed by atoms with Crippen LogP contribution in [0.1, 0.15) is 17.2 Å². The second-order valence-corrected chi connectivity index (χ2v) is 7.30. The molecule has 1 aromatic heterocycles. The first-order chi connectivity index (χ1) is 14.7. The Kier molecular flexibility index (Phi) is 5.98. The Bertz CT molecular complexity index is 1160. The highest BCUT2D eigenvalue weighted by molar-refractivity contribution is 6.31. The molecule has 0 spiro atoms. The minimum Gasteiger partial charge on any atom is -0.378 e. The first kappa shape index (κ1) is 20.0. The van der Waals surface area contributed by atoms with E-state index in [1.807, 2.05) is 41.4 Å². The van der Waals surface area contributed by atoms with Crippen LogP contribution in [-0.2, 0) is 4.74 Å². The van der Waals surface area contributed by atoms with Crippen LogP contribution < -0.4 is 10.7 Å². The van der Waals surface area contributed by atoms with E-state index in [0.29, 0.717) is 53.8 Å². The molecule has 1 fully saturated rings. The predicted molar refractivity (Wildman–Crippen MR) is 116 cm³/mol. The van der Waals surface area contributed by atoms with Gasteiger partial charge >= 0.3 is 0 Å². The quantitative estimate of drug-likeness (QED) is 0.293. The van der Waals surface area contributed by atoms with Crippen LogP contribution in [0.25, 0.3) is 10.9 Å². The maximum absolute atomic E-state index is 13.3. The van der Waals surface area contributed by atoms with E-state index < -0.39 is 6.04 Å². The minimum absolute atomic E-state index is 0.128. The molecule has 7 nitrogen and oxygen atoms in total. The number of pyridine rings is 1. The van der Waals surface area contributed by atoms with E-state index in [-0.39, 0.29) is 5.43 Å². The molecule has 2 aromatic carbocycles. The minimum atomic E-state index is -0.589. The number of nitrogens with zero attached hydrogens (tertiary/aromatic N) is 3. The Balaban J connectivity index is 1.86. The number of aliphatic imine (C=N–C) groups is 1. The lowest BCUT2D eigenvalue weighted by Gasteiger charge is -2.29. The number of benzene rings is 2. The third kappa shape index (κ3) is 4.15. The zero-order chi connectivity index (χ0) is 20.9. The van der Waals surface area contributed by atoms with Crippen LogP contribution in [-0.4, -0.2) is 42.1 Å². The second kappa shape index (κ2) is 8.99. The molecule has 1 atom stereocenters. The molecule has 1 saturated heterocycles. The highest BCUT2D eigenvalue weighted by atomic mass is 35.5. The zero-order valence-corrected chi connectivity index (χ0v) is 16.9. The molecule has 1 unspecified atom stereocenters. The molecule has 152 valence electrons. The lowest BCUT2D eigenvalue weighted by molar-refractivity contribution is 0.0667. The van der Waals surface area contributed by atoms with Crippen LogP contribution in [0.2, 0.25) is 5.02 Å². The van der Waals surface area contributed by atoms with Crippen LogP contribution in [0.15, 0.2) is 64.5 Å². The fourth-order valence-electron chi connectivity index (χ4n) is 3.51. The summed E-state index contributed by atoms with van der Waals surface area (Å²) in [5.74, 6) is 0.422. The van der Waals surface area contributed by atoms with Crippen LogP contribution in [0.3, 0.4) is 0 Å². The van der Waals surface area contributed by atoms with Crippen molar-refractivity contribution in [1.29, 1.82) is 5.26 Å². The van der Waals surface area contributed by atoms with Crippen LogP contribution in [0, 0.1) is 11.5 Å². The smallest absolute Gasteiger partial charge is 0.208 e. The summed E-state index contributed by atoms with van der Waals surface area (Å²) in [6, 6.07) is 14.1. The molecule has 0 radical (unpaired) electrons. The van der Waals surface area contributed by atoms with Gasteiger partial charge in [-0.25, -0.2) is 4.99 Å². The van der Waals surface area contributed by atoms with Crippen LogP contribution >= 0.6 is 11.6 Å². The summed E-state index contributed by atoms with van der Waals surface area (Å²) < 4.78 is 5.41. The summed E-state index contributed by atoms with van der Waals surface area (Å²) in [7, 11) is 0. The first-order valence-corrected chi connectivity index (χ1v) is 9.96. The zero-order valence-electron chi connectivity index (χ0n) is 16.1. The van der Waals surface area contributed by atoms with Crippen molar-refractivity contribution in [2.24, 2.45) is 4.99 Å². The number of nitriles is 1. The van der Waals surface area contributed by atoms with Gasteiger partial charge in [0.15, 0.2) is 11.6 Å². The number of morpholine rings is 1. The molecular formula is C22H20ClN5O2. The Morgan fingerprint density at radius 2 is 2.00 bits per heavy atom. The van der Waals surface area contributed by atoms with E-state index in [1.165, 1.54) is 0 Å². The molecule has 0 amide bonds.